The number of nitrogens with one attached hydrogen (secondary N) is 2. The maximum Gasteiger partial charge on any atom is 0.573 e. The lowest BCUT2D eigenvalue weighted by Gasteiger charge is -2.14. The average Bonchev–Trinajstić information content (AvgIpc) is 3.30. The quantitative estimate of drug-likeness (QED) is 0.780. The Morgan fingerprint density at radius 1 is 1.20 bits per heavy atom. The largest absolute Gasteiger partial charge is 0.573 e. The molecule has 2 N–H and O–H groups in total. The van der Waals surface area contributed by atoms with Gasteiger partial charge in [0.2, 0.25) is 11.8 Å². The number of carbonyl (C=O) groups is 2. The first-order chi connectivity index (χ1) is 14.3. The van der Waals surface area contributed by atoms with Crippen molar-refractivity contribution in [2.45, 2.75) is 37.8 Å². The van der Waals surface area contributed by atoms with Crippen LogP contribution in [0.1, 0.15) is 18.4 Å². The second-order valence-electron chi connectivity index (χ2n) is 7.25. The molecule has 0 radical (unpaired) electrons. The number of alkyl halides is 3. The summed E-state index contributed by atoms with van der Waals surface area (Å²) in [6.07, 6.45) is -3.61. The van der Waals surface area contributed by atoms with Gasteiger partial charge in [-0.3, -0.25) is 9.59 Å². The standard InChI is InChI=1S/C21H19F3N2O4/c22-21(23,24)30-15-3-1-2-12(9-15)13-4-6-18-14(8-13)10-16(29-18)11-25-20(28)17-5-7-19(27)26-17/h1-4,6,8-9,16-17H,5,7,10-11H2,(H,25,28)(H,26,27)/t16-,17+/m1/s1. The Kier molecular flexibility index (Phi) is 5.27. The summed E-state index contributed by atoms with van der Waals surface area (Å²) >= 11 is 0. The summed E-state index contributed by atoms with van der Waals surface area (Å²) in [5.41, 5.74) is 2.24. The summed E-state index contributed by atoms with van der Waals surface area (Å²) in [7, 11) is 0. The first-order valence-electron chi connectivity index (χ1n) is 9.50. The minimum absolute atomic E-state index is 0.128. The lowest BCUT2D eigenvalue weighted by molar-refractivity contribution is -0.274. The molecule has 0 aliphatic carbocycles. The minimum atomic E-state index is -4.75. The Morgan fingerprint density at radius 3 is 2.73 bits per heavy atom. The highest BCUT2D eigenvalue weighted by Crippen LogP contribution is 2.34. The van der Waals surface area contributed by atoms with Crippen LogP contribution >= 0.6 is 0 Å². The Labute approximate surface area is 170 Å². The van der Waals surface area contributed by atoms with Gasteiger partial charge in [-0.1, -0.05) is 18.2 Å². The Balaban J connectivity index is 1.39. The molecule has 158 valence electrons. The van der Waals surface area contributed by atoms with Crippen LogP contribution < -0.4 is 20.1 Å². The van der Waals surface area contributed by atoms with E-state index in [0.29, 0.717) is 37.1 Å². The molecule has 9 heteroatoms. The summed E-state index contributed by atoms with van der Waals surface area (Å²) in [5.74, 6) is 0.0330. The van der Waals surface area contributed by atoms with E-state index in [1.165, 1.54) is 18.2 Å². The molecule has 0 aromatic heterocycles. The fraction of sp³-hybridized carbons (Fsp3) is 0.333. The zero-order valence-corrected chi connectivity index (χ0v) is 15.8. The van der Waals surface area contributed by atoms with Gasteiger partial charge in [-0.25, -0.2) is 0 Å². The molecule has 0 saturated carbocycles. The van der Waals surface area contributed by atoms with E-state index in [9.17, 15) is 22.8 Å². The molecular formula is C21H19F3N2O4. The van der Waals surface area contributed by atoms with Gasteiger partial charge < -0.3 is 20.1 Å². The molecule has 2 amide bonds. The van der Waals surface area contributed by atoms with Crippen LogP contribution in [0.2, 0.25) is 0 Å². The molecule has 2 heterocycles. The number of carbonyl (C=O) groups excluding carboxylic acids is 2. The summed E-state index contributed by atoms with van der Waals surface area (Å²) in [6.45, 7) is 0.296. The third kappa shape index (κ3) is 4.67. The molecule has 2 aliphatic rings. The predicted molar refractivity (Wildman–Crippen MR) is 101 cm³/mol. The minimum Gasteiger partial charge on any atom is -0.488 e. The van der Waals surface area contributed by atoms with E-state index in [1.54, 1.807) is 18.2 Å². The van der Waals surface area contributed by atoms with Crippen LogP contribution in [0.15, 0.2) is 42.5 Å². The highest BCUT2D eigenvalue weighted by atomic mass is 19.4. The van der Waals surface area contributed by atoms with Gasteiger partial charge in [0.05, 0.1) is 6.54 Å². The van der Waals surface area contributed by atoms with Gasteiger partial charge in [0.15, 0.2) is 0 Å². The molecule has 1 fully saturated rings. The van der Waals surface area contributed by atoms with Crippen molar-refractivity contribution in [1.29, 1.82) is 0 Å². The number of hydrogen-bond donors (Lipinski definition) is 2. The normalized spacial score (nSPS) is 20.3. The number of fused-ring (bicyclic) bond motifs is 1. The van der Waals surface area contributed by atoms with E-state index < -0.39 is 12.4 Å². The number of ether oxygens (including phenoxy) is 2. The fourth-order valence-corrected chi connectivity index (χ4v) is 3.63. The molecule has 2 atom stereocenters. The molecule has 0 bridgehead atoms. The third-order valence-corrected chi connectivity index (χ3v) is 5.02. The summed E-state index contributed by atoms with van der Waals surface area (Å²) in [4.78, 5) is 23.3. The summed E-state index contributed by atoms with van der Waals surface area (Å²) < 4.78 is 47.2. The van der Waals surface area contributed by atoms with E-state index in [0.717, 1.165) is 11.1 Å². The molecule has 0 spiro atoms. The SMILES string of the molecule is O=C1CC[C@@H](C(=O)NC[C@H]2Cc3cc(-c4cccc(OC(F)(F)F)c4)ccc3O2)N1. The van der Waals surface area contributed by atoms with Crippen molar-refractivity contribution in [1.82, 2.24) is 10.6 Å². The van der Waals surface area contributed by atoms with Gasteiger partial charge >= 0.3 is 6.36 Å². The smallest absolute Gasteiger partial charge is 0.488 e. The van der Waals surface area contributed by atoms with Crippen LogP contribution in [0.25, 0.3) is 11.1 Å². The van der Waals surface area contributed by atoms with Crippen molar-refractivity contribution in [3.8, 4) is 22.6 Å². The summed E-state index contributed by atoms with van der Waals surface area (Å²) in [6, 6.07) is 10.7. The third-order valence-electron chi connectivity index (χ3n) is 5.02. The number of rotatable bonds is 5. The van der Waals surface area contributed by atoms with Gasteiger partial charge in [-0.2, -0.15) is 0 Å². The second-order valence-corrected chi connectivity index (χ2v) is 7.25. The topological polar surface area (TPSA) is 76.7 Å². The first-order valence-corrected chi connectivity index (χ1v) is 9.50. The number of amides is 2. The summed E-state index contributed by atoms with van der Waals surface area (Å²) in [5, 5.41) is 5.41. The van der Waals surface area contributed by atoms with Crippen molar-refractivity contribution in [2.24, 2.45) is 0 Å². The van der Waals surface area contributed by atoms with Crippen molar-refractivity contribution < 1.29 is 32.2 Å². The van der Waals surface area contributed by atoms with E-state index in [4.69, 9.17) is 4.74 Å². The van der Waals surface area contributed by atoms with Gasteiger partial charge in [0.1, 0.15) is 23.6 Å². The maximum absolute atomic E-state index is 12.5. The van der Waals surface area contributed by atoms with E-state index >= 15 is 0 Å². The van der Waals surface area contributed by atoms with E-state index in [2.05, 4.69) is 15.4 Å². The van der Waals surface area contributed by atoms with Crippen molar-refractivity contribution in [3.05, 3.63) is 48.0 Å². The number of hydrogen-bond acceptors (Lipinski definition) is 4. The molecule has 30 heavy (non-hydrogen) atoms. The lowest BCUT2D eigenvalue weighted by atomic mass is 10.0. The molecule has 4 rings (SSSR count). The van der Waals surface area contributed by atoms with Crippen molar-refractivity contribution in [3.63, 3.8) is 0 Å². The number of halogens is 3. The van der Waals surface area contributed by atoms with Crippen LogP contribution in [0, 0.1) is 0 Å². The van der Waals surface area contributed by atoms with Crippen LogP contribution in [0.3, 0.4) is 0 Å². The van der Waals surface area contributed by atoms with Crippen molar-refractivity contribution >= 4 is 11.8 Å². The molecule has 2 aromatic rings. The zero-order valence-electron chi connectivity index (χ0n) is 15.8. The highest BCUT2D eigenvalue weighted by molar-refractivity contribution is 5.90. The zero-order chi connectivity index (χ0) is 21.3. The number of benzene rings is 2. The predicted octanol–water partition coefficient (Wildman–Crippen LogP) is 2.95. The molecular weight excluding hydrogens is 401 g/mol. The average molecular weight is 420 g/mol. The fourth-order valence-electron chi connectivity index (χ4n) is 3.63. The van der Waals surface area contributed by atoms with E-state index in [1.807, 2.05) is 6.07 Å². The Bertz CT molecular complexity index is 977. The van der Waals surface area contributed by atoms with Gasteiger partial charge in [0, 0.05) is 12.8 Å². The van der Waals surface area contributed by atoms with Crippen LogP contribution in [0.5, 0.6) is 11.5 Å². The first kappa shape index (κ1) is 20.1. The lowest BCUT2D eigenvalue weighted by Crippen LogP contribution is -2.44. The molecule has 2 aliphatic heterocycles. The van der Waals surface area contributed by atoms with Gasteiger partial charge in [-0.05, 0) is 47.4 Å². The maximum atomic E-state index is 12.5. The monoisotopic (exact) mass is 420 g/mol. The molecule has 0 unspecified atom stereocenters. The van der Waals surface area contributed by atoms with Crippen LogP contribution in [-0.2, 0) is 16.0 Å². The van der Waals surface area contributed by atoms with Gasteiger partial charge in [-0.15, -0.1) is 13.2 Å². The molecule has 2 aromatic carbocycles. The molecule has 1 saturated heterocycles. The van der Waals surface area contributed by atoms with Crippen molar-refractivity contribution in [2.75, 3.05) is 6.54 Å². The van der Waals surface area contributed by atoms with Crippen LogP contribution in [-0.4, -0.2) is 36.9 Å². The molecule has 6 nitrogen and oxygen atoms in total. The highest BCUT2D eigenvalue weighted by Gasteiger charge is 2.31. The van der Waals surface area contributed by atoms with Crippen LogP contribution in [0.4, 0.5) is 13.2 Å². The van der Waals surface area contributed by atoms with Gasteiger partial charge in [0.25, 0.3) is 0 Å². The Morgan fingerprint density at radius 2 is 2.00 bits per heavy atom. The van der Waals surface area contributed by atoms with E-state index in [-0.39, 0.29) is 23.7 Å². The Hall–Kier alpha value is -3.23. The second kappa shape index (κ2) is 7.89.